The van der Waals surface area contributed by atoms with E-state index < -0.39 is 0 Å². The maximum absolute atomic E-state index is 6.19. The number of rotatable bonds is 2. The minimum Gasteiger partial charge on any atom is -0.456 e. The Morgan fingerprint density at radius 3 is 2.31 bits per heavy atom. The Labute approximate surface area is 172 Å². The standard InChI is InChI=1S/C26H28N2O/c1-15-11-23-24(12-16(15)2)28(19(5)27(23)6)14-20-13-22-21-9-7-8-10-25(21)29-26(22)18(4)17(20)3/h7-13,19H,14H2,1-6H3/t19-/m1/s1. The van der Waals surface area contributed by atoms with Gasteiger partial charge in [-0.25, -0.2) is 0 Å². The van der Waals surface area contributed by atoms with Crippen LogP contribution in [-0.4, -0.2) is 13.2 Å². The molecule has 3 aromatic carbocycles. The van der Waals surface area contributed by atoms with Crippen molar-refractivity contribution in [2.75, 3.05) is 16.8 Å². The first-order valence-electron chi connectivity index (χ1n) is 10.4. The molecule has 0 spiro atoms. The van der Waals surface area contributed by atoms with Crippen molar-refractivity contribution in [1.82, 2.24) is 0 Å². The molecule has 3 nitrogen and oxygen atoms in total. The highest BCUT2D eigenvalue weighted by molar-refractivity contribution is 6.06. The molecule has 148 valence electrons. The Balaban J connectivity index is 1.65. The van der Waals surface area contributed by atoms with Crippen molar-refractivity contribution >= 4 is 33.3 Å². The zero-order chi connectivity index (χ0) is 20.4. The van der Waals surface area contributed by atoms with E-state index >= 15 is 0 Å². The third-order valence-corrected chi connectivity index (χ3v) is 6.97. The lowest BCUT2D eigenvalue weighted by atomic mass is 9.98. The summed E-state index contributed by atoms with van der Waals surface area (Å²) in [6, 6.07) is 15.4. The van der Waals surface area contributed by atoms with Gasteiger partial charge in [0.25, 0.3) is 0 Å². The largest absolute Gasteiger partial charge is 0.456 e. The highest BCUT2D eigenvalue weighted by Crippen LogP contribution is 2.42. The lowest BCUT2D eigenvalue weighted by Gasteiger charge is -2.28. The minimum absolute atomic E-state index is 0.322. The van der Waals surface area contributed by atoms with Gasteiger partial charge in [-0.15, -0.1) is 0 Å². The number of fused-ring (bicyclic) bond motifs is 4. The molecule has 0 saturated heterocycles. The van der Waals surface area contributed by atoms with Crippen molar-refractivity contribution in [3.8, 4) is 0 Å². The first kappa shape index (κ1) is 18.1. The predicted molar refractivity (Wildman–Crippen MR) is 123 cm³/mol. The number of hydrogen-bond donors (Lipinski definition) is 0. The van der Waals surface area contributed by atoms with Crippen molar-refractivity contribution in [2.24, 2.45) is 0 Å². The molecular weight excluding hydrogens is 356 g/mol. The normalized spacial score (nSPS) is 16.3. The van der Waals surface area contributed by atoms with Crippen LogP contribution in [-0.2, 0) is 6.54 Å². The van der Waals surface area contributed by atoms with Crippen LogP contribution >= 0.6 is 0 Å². The number of anilines is 2. The molecule has 4 aromatic rings. The summed E-state index contributed by atoms with van der Waals surface area (Å²) >= 11 is 0. The molecule has 0 fully saturated rings. The monoisotopic (exact) mass is 384 g/mol. The smallest absolute Gasteiger partial charge is 0.138 e. The number of nitrogens with zero attached hydrogens (tertiary/aromatic N) is 2. The Hall–Kier alpha value is -2.94. The van der Waals surface area contributed by atoms with Crippen molar-refractivity contribution < 1.29 is 4.42 Å². The third kappa shape index (κ3) is 2.57. The van der Waals surface area contributed by atoms with E-state index in [4.69, 9.17) is 4.42 Å². The van der Waals surface area contributed by atoms with Crippen LogP contribution in [0.2, 0.25) is 0 Å². The van der Waals surface area contributed by atoms with E-state index in [9.17, 15) is 0 Å². The van der Waals surface area contributed by atoms with E-state index in [1.165, 1.54) is 50.0 Å². The van der Waals surface area contributed by atoms with Crippen LogP contribution in [0.1, 0.15) is 34.7 Å². The molecule has 29 heavy (non-hydrogen) atoms. The number of hydrogen-bond acceptors (Lipinski definition) is 3. The SMILES string of the molecule is Cc1cc2c(cc1C)N(Cc1cc3c(oc4ccccc43)c(C)c1C)[C@H](C)N2C. The molecule has 1 atom stereocenters. The zero-order valence-corrected chi connectivity index (χ0v) is 18.1. The van der Waals surface area contributed by atoms with Gasteiger partial charge in [0.1, 0.15) is 11.2 Å². The number of aryl methyl sites for hydroxylation is 3. The second kappa shape index (κ2) is 6.28. The average Bonchev–Trinajstić information content (AvgIpc) is 3.18. The summed E-state index contributed by atoms with van der Waals surface area (Å²) in [6.45, 7) is 12.0. The number of benzene rings is 3. The second-order valence-electron chi connectivity index (χ2n) is 8.56. The molecule has 1 aliphatic heterocycles. The molecule has 0 radical (unpaired) electrons. The van der Waals surface area contributed by atoms with Crippen LogP contribution in [0.15, 0.2) is 46.9 Å². The average molecular weight is 385 g/mol. The van der Waals surface area contributed by atoms with Gasteiger partial charge in [-0.1, -0.05) is 18.2 Å². The lowest BCUT2D eigenvalue weighted by Crippen LogP contribution is -2.38. The van der Waals surface area contributed by atoms with Crippen molar-refractivity contribution in [2.45, 2.75) is 47.3 Å². The van der Waals surface area contributed by atoms with Gasteiger partial charge < -0.3 is 14.2 Å². The molecule has 0 unspecified atom stereocenters. The fraction of sp³-hybridized carbons (Fsp3) is 0.308. The summed E-state index contributed by atoms with van der Waals surface area (Å²) in [5.41, 5.74) is 11.3. The molecule has 1 aromatic heterocycles. The Morgan fingerprint density at radius 1 is 0.862 bits per heavy atom. The lowest BCUT2D eigenvalue weighted by molar-refractivity contribution is 0.652. The molecule has 1 aliphatic rings. The van der Waals surface area contributed by atoms with Crippen molar-refractivity contribution in [3.63, 3.8) is 0 Å². The predicted octanol–water partition coefficient (Wildman–Crippen LogP) is 6.62. The number of furan rings is 1. The first-order valence-corrected chi connectivity index (χ1v) is 10.4. The second-order valence-corrected chi connectivity index (χ2v) is 8.56. The van der Waals surface area contributed by atoms with Crippen LogP contribution in [0.4, 0.5) is 11.4 Å². The maximum atomic E-state index is 6.19. The summed E-state index contributed by atoms with van der Waals surface area (Å²) < 4.78 is 6.19. The van der Waals surface area contributed by atoms with Gasteiger partial charge >= 0.3 is 0 Å². The molecule has 0 aliphatic carbocycles. The molecular formula is C26H28N2O. The molecule has 0 bridgehead atoms. The van der Waals surface area contributed by atoms with E-state index in [1.54, 1.807) is 0 Å². The van der Waals surface area contributed by atoms with E-state index in [0.717, 1.165) is 17.7 Å². The highest BCUT2D eigenvalue weighted by Gasteiger charge is 2.31. The van der Waals surface area contributed by atoms with Crippen LogP contribution < -0.4 is 9.80 Å². The molecule has 0 saturated carbocycles. The van der Waals surface area contributed by atoms with Crippen LogP contribution in [0, 0.1) is 27.7 Å². The Morgan fingerprint density at radius 2 is 1.55 bits per heavy atom. The van der Waals surface area contributed by atoms with Crippen molar-refractivity contribution in [1.29, 1.82) is 0 Å². The van der Waals surface area contributed by atoms with E-state index in [1.807, 2.05) is 6.07 Å². The summed E-state index contributed by atoms with van der Waals surface area (Å²) in [4.78, 5) is 4.91. The number of para-hydroxylation sites is 1. The van der Waals surface area contributed by atoms with E-state index in [-0.39, 0.29) is 0 Å². The Kier molecular flexibility index (Phi) is 3.92. The molecule has 2 heterocycles. The first-order chi connectivity index (χ1) is 13.9. The fourth-order valence-electron chi connectivity index (χ4n) is 4.66. The van der Waals surface area contributed by atoms with E-state index in [0.29, 0.717) is 6.17 Å². The van der Waals surface area contributed by atoms with Gasteiger partial charge in [0.15, 0.2) is 0 Å². The minimum atomic E-state index is 0.322. The van der Waals surface area contributed by atoms with Gasteiger partial charge in [0.2, 0.25) is 0 Å². The summed E-state index contributed by atoms with van der Waals surface area (Å²) in [5, 5.41) is 2.42. The van der Waals surface area contributed by atoms with Gasteiger partial charge in [-0.3, -0.25) is 0 Å². The zero-order valence-electron chi connectivity index (χ0n) is 18.1. The van der Waals surface area contributed by atoms with Crippen LogP contribution in [0.5, 0.6) is 0 Å². The van der Waals surface area contributed by atoms with Crippen LogP contribution in [0.25, 0.3) is 21.9 Å². The summed E-state index contributed by atoms with van der Waals surface area (Å²) in [6.07, 6.45) is 0.322. The van der Waals surface area contributed by atoms with Crippen LogP contribution in [0.3, 0.4) is 0 Å². The highest BCUT2D eigenvalue weighted by atomic mass is 16.3. The van der Waals surface area contributed by atoms with Gasteiger partial charge in [-0.2, -0.15) is 0 Å². The quantitative estimate of drug-likeness (QED) is 0.387. The fourth-order valence-corrected chi connectivity index (χ4v) is 4.66. The molecule has 0 amide bonds. The van der Waals surface area contributed by atoms with Gasteiger partial charge in [0.05, 0.1) is 17.5 Å². The van der Waals surface area contributed by atoms with Gasteiger partial charge in [0, 0.05) is 24.4 Å². The molecule has 0 N–H and O–H groups in total. The molecule has 3 heteroatoms. The maximum Gasteiger partial charge on any atom is 0.138 e. The molecule has 5 rings (SSSR count). The topological polar surface area (TPSA) is 19.6 Å². The third-order valence-electron chi connectivity index (χ3n) is 6.97. The van der Waals surface area contributed by atoms with Crippen molar-refractivity contribution in [3.05, 3.63) is 70.3 Å². The van der Waals surface area contributed by atoms with Gasteiger partial charge in [-0.05, 0) is 86.7 Å². The Bertz CT molecular complexity index is 1270. The summed E-state index contributed by atoms with van der Waals surface area (Å²) in [7, 11) is 2.20. The van der Waals surface area contributed by atoms with E-state index in [2.05, 4.69) is 87.9 Å². The summed E-state index contributed by atoms with van der Waals surface area (Å²) in [5.74, 6) is 0.